The lowest BCUT2D eigenvalue weighted by Gasteiger charge is -2.37. The van der Waals surface area contributed by atoms with Crippen LogP contribution in [0.25, 0.3) is 0 Å². The minimum Gasteiger partial charge on any atom is -0.473 e. The van der Waals surface area contributed by atoms with Crippen molar-refractivity contribution < 1.29 is 14.6 Å². The summed E-state index contributed by atoms with van der Waals surface area (Å²) in [5.74, 6) is 2.10. The van der Waals surface area contributed by atoms with Crippen LogP contribution in [0.3, 0.4) is 0 Å². The van der Waals surface area contributed by atoms with Crippen LogP contribution >= 0.6 is 11.3 Å². The standard InChI is InChI=1S/C19H25NO.C11H14O2.C8H16.C7H11NS.C2H6/c1-3-9-17(10-4-2)18-13-8-14-19(20-18)21-15-16-11-6-5-7-12-16;1-8-3-4-10(5-9(8)2)11(12)6-13-7-11;1-5-8(4)6-7(2)3;1-2-3-4-7-5-8-6-9-7;1-2/h5-8,11-14,17H,3-4,9-10,15H2,1-2H3;3-5,12H,6-7H2,1-2H3;5,7H,6H2,1-4H3;5-6H,2-4H2,1H3;1-2H3/b;;8-5+;;. The third-order valence-corrected chi connectivity index (χ3v) is 9.72. The van der Waals surface area contributed by atoms with E-state index in [9.17, 15) is 5.11 Å². The molecule has 0 aliphatic carbocycles. The third-order valence-electron chi connectivity index (χ3n) is 8.88. The molecule has 0 spiro atoms. The minimum absolute atomic E-state index is 0.426. The van der Waals surface area contributed by atoms with Crippen LogP contribution in [0.2, 0.25) is 0 Å². The van der Waals surface area contributed by atoms with Crippen LogP contribution in [0.5, 0.6) is 5.88 Å². The average molecular weight is 745 g/mol. The summed E-state index contributed by atoms with van der Waals surface area (Å²) in [5.41, 5.74) is 8.46. The van der Waals surface area contributed by atoms with Gasteiger partial charge in [0.05, 0.1) is 18.7 Å². The van der Waals surface area contributed by atoms with E-state index in [4.69, 9.17) is 14.5 Å². The van der Waals surface area contributed by atoms with E-state index in [0.717, 1.165) is 17.4 Å². The number of rotatable bonds is 14. The van der Waals surface area contributed by atoms with E-state index in [1.807, 2.05) is 68.0 Å². The summed E-state index contributed by atoms with van der Waals surface area (Å²) >= 11 is 1.75. The first-order valence-electron chi connectivity index (χ1n) is 20.1. The van der Waals surface area contributed by atoms with Crippen LogP contribution in [0.1, 0.15) is 146 Å². The normalized spacial score (nSPS) is 12.8. The monoisotopic (exact) mass is 745 g/mol. The van der Waals surface area contributed by atoms with Gasteiger partial charge in [0.25, 0.3) is 0 Å². The first-order valence-corrected chi connectivity index (χ1v) is 20.9. The van der Waals surface area contributed by atoms with Crippen molar-refractivity contribution in [3.63, 3.8) is 0 Å². The van der Waals surface area contributed by atoms with Gasteiger partial charge in [0.2, 0.25) is 5.88 Å². The van der Waals surface area contributed by atoms with Gasteiger partial charge in [0, 0.05) is 28.8 Å². The Bertz CT molecular complexity index is 1490. The molecule has 3 heterocycles. The van der Waals surface area contributed by atoms with Crippen molar-refractivity contribution in [1.29, 1.82) is 0 Å². The Morgan fingerprint density at radius 2 is 1.60 bits per heavy atom. The molecular formula is C47H72N2O3S. The number of aryl methyl sites for hydroxylation is 3. The molecule has 0 unspecified atom stereocenters. The van der Waals surface area contributed by atoms with Gasteiger partial charge in [-0.05, 0) is 94.0 Å². The number of hydrogen-bond donors (Lipinski definition) is 1. The van der Waals surface area contributed by atoms with Gasteiger partial charge >= 0.3 is 0 Å². The number of ether oxygens (including phenoxy) is 2. The second-order valence-corrected chi connectivity index (χ2v) is 15.0. The third kappa shape index (κ3) is 19.5. The number of thiazole rings is 1. The zero-order chi connectivity index (χ0) is 39.5. The molecule has 1 aliphatic rings. The summed E-state index contributed by atoms with van der Waals surface area (Å²) in [7, 11) is 0. The van der Waals surface area contributed by atoms with E-state index >= 15 is 0 Å². The molecule has 1 fully saturated rings. The number of aliphatic hydroxyl groups is 1. The van der Waals surface area contributed by atoms with Crippen molar-refractivity contribution in [3.8, 4) is 5.88 Å². The quantitative estimate of drug-likeness (QED) is 0.130. The molecule has 4 aromatic rings. The summed E-state index contributed by atoms with van der Waals surface area (Å²) in [6, 6.07) is 22.4. The Labute approximate surface area is 328 Å². The van der Waals surface area contributed by atoms with Crippen LogP contribution in [-0.4, -0.2) is 28.3 Å². The fourth-order valence-corrected chi connectivity index (χ4v) is 6.22. The van der Waals surface area contributed by atoms with Crippen LogP contribution < -0.4 is 4.74 Å². The molecule has 5 rings (SSSR count). The number of aromatic nitrogens is 2. The number of allylic oxidation sites excluding steroid dienone is 2. The molecule has 53 heavy (non-hydrogen) atoms. The van der Waals surface area contributed by atoms with Gasteiger partial charge < -0.3 is 14.6 Å². The predicted molar refractivity (Wildman–Crippen MR) is 229 cm³/mol. The van der Waals surface area contributed by atoms with E-state index in [2.05, 4.69) is 97.6 Å². The van der Waals surface area contributed by atoms with Crippen molar-refractivity contribution in [3.05, 3.63) is 123 Å². The molecule has 0 radical (unpaired) electrons. The molecule has 5 nitrogen and oxygen atoms in total. The second kappa shape index (κ2) is 28.2. The van der Waals surface area contributed by atoms with Gasteiger partial charge in [-0.1, -0.05) is 134 Å². The summed E-state index contributed by atoms with van der Waals surface area (Å²) in [6.07, 6.45) is 14.0. The summed E-state index contributed by atoms with van der Waals surface area (Å²) in [5, 5.41) is 9.97. The van der Waals surface area contributed by atoms with Gasteiger partial charge in [-0.3, -0.25) is 4.98 Å². The highest BCUT2D eigenvalue weighted by Gasteiger charge is 2.37. The van der Waals surface area contributed by atoms with Crippen LogP contribution in [0, 0.1) is 19.8 Å². The predicted octanol–water partition coefficient (Wildman–Crippen LogP) is 13.4. The van der Waals surface area contributed by atoms with Crippen molar-refractivity contribution in [2.45, 2.75) is 146 Å². The molecule has 1 saturated heterocycles. The number of hydrogen-bond acceptors (Lipinski definition) is 6. The Balaban J connectivity index is 0.000000376. The van der Waals surface area contributed by atoms with E-state index in [0.29, 0.717) is 25.7 Å². The molecule has 2 aromatic carbocycles. The highest BCUT2D eigenvalue weighted by Crippen LogP contribution is 2.30. The van der Waals surface area contributed by atoms with Gasteiger partial charge in [0.15, 0.2) is 0 Å². The van der Waals surface area contributed by atoms with E-state index in [1.54, 1.807) is 11.3 Å². The molecule has 0 amide bonds. The SMILES string of the molecule is C/C=C(\C)CC(C)C.CC.CCCC(CCC)c1cccc(OCc2ccccc2)n1.CCCCc1cncs1.Cc1ccc(C2(O)COC2)cc1C. The van der Waals surface area contributed by atoms with Gasteiger partial charge in [-0.2, -0.15) is 0 Å². The van der Waals surface area contributed by atoms with Gasteiger partial charge in [0.1, 0.15) is 12.2 Å². The fourth-order valence-electron chi connectivity index (χ4n) is 5.58. The van der Waals surface area contributed by atoms with Crippen molar-refractivity contribution >= 4 is 11.3 Å². The van der Waals surface area contributed by atoms with Gasteiger partial charge in [-0.25, -0.2) is 4.98 Å². The fraction of sp³-hybridized carbons (Fsp3) is 0.532. The maximum Gasteiger partial charge on any atom is 0.213 e. The largest absolute Gasteiger partial charge is 0.473 e. The second-order valence-electron chi connectivity index (χ2n) is 14.1. The van der Waals surface area contributed by atoms with E-state index < -0.39 is 5.60 Å². The number of benzene rings is 2. The first-order chi connectivity index (χ1) is 25.5. The van der Waals surface area contributed by atoms with Crippen LogP contribution in [-0.2, 0) is 23.4 Å². The first kappa shape index (κ1) is 47.7. The van der Waals surface area contributed by atoms with Crippen molar-refractivity contribution in [2.24, 2.45) is 5.92 Å². The summed E-state index contributed by atoms with van der Waals surface area (Å²) in [6.45, 7) is 25.0. The van der Waals surface area contributed by atoms with Crippen LogP contribution in [0.15, 0.2) is 90.1 Å². The zero-order valence-electron chi connectivity index (χ0n) is 35.1. The Hall–Kier alpha value is -3.32. The molecule has 0 bridgehead atoms. The lowest BCUT2D eigenvalue weighted by molar-refractivity contribution is -0.184. The molecule has 1 N–H and O–H groups in total. The van der Waals surface area contributed by atoms with Gasteiger partial charge in [-0.15, -0.1) is 11.3 Å². The molecule has 6 heteroatoms. The topological polar surface area (TPSA) is 64.5 Å². The minimum atomic E-state index is -0.724. The molecular weight excluding hydrogens is 673 g/mol. The molecule has 0 atom stereocenters. The summed E-state index contributed by atoms with van der Waals surface area (Å²) < 4.78 is 10.8. The highest BCUT2D eigenvalue weighted by atomic mass is 32.1. The lowest BCUT2D eigenvalue weighted by atomic mass is 9.90. The lowest BCUT2D eigenvalue weighted by Crippen LogP contribution is -2.46. The highest BCUT2D eigenvalue weighted by molar-refractivity contribution is 7.09. The molecule has 2 aromatic heterocycles. The molecule has 1 aliphatic heterocycles. The Morgan fingerprint density at radius 3 is 2.09 bits per heavy atom. The number of pyridine rings is 1. The Kier molecular flexibility index (Phi) is 25.4. The number of nitrogens with zero attached hydrogens (tertiary/aromatic N) is 2. The summed E-state index contributed by atoms with van der Waals surface area (Å²) in [4.78, 5) is 10.1. The van der Waals surface area contributed by atoms with E-state index in [1.165, 1.54) is 84.2 Å². The van der Waals surface area contributed by atoms with Crippen molar-refractivity contribution in [1.82, 2.24) is 9.97 Å². The number of unbranched alkanes of at least 4 members (excludes halogenated alkanes) is 1. The molecule has 294 valence electrons. The smallest absolute Gasteiger partial charge is 0.213 e. The Morgan fingerprint density at radius 1 is 0.925 bits per heavy atom. The average Bonchev–Trinajstić information content (AvgIpc) is 3.69. The maximum absolute atomic E-state index is 9.97. The molecule has 0 saturated carbocycles. The van der Waals surface area contributed by atoms with Crippen LogP contribution in [0.4, 0.5) is 0 Å². The van der Waals surface area contributed by atoms with Crippen molar-refractivity contribution in [2.75, 3.05) is 13.2 Å². The van der Waals surface area contributed by atoms with E-state index in [-0.39, 0.29) is 0 Å². The maximum atomic E-state index is 9.97. The zero-order valence-corrected chi connectivity index (χ0v) is 35.9.